The van der Waals surface area contributed by atoms with Crippen LogP contribution in [0, 0.1) is 5.92 Å². The molecule has 0 radical (unpaired) electrons. The highest BCUT2D eigenvalue weighted by Gasteiger charge is 2.30. The number of carboxylic acid groups (broad SMARTS) is 1. The zero-order valence-corrected chi connectivity index (χ0v) is 22.1. The van der Waals surface area contributed by atoms with Gasteiger partial charge in [-0.3, -0.25) is 14.4 Å². The van der Waals surface area contributed by atoms with Gasteiger partial charge in [0.15, 0.2) is 0 Å². The molecule has 11 nitrogen and oxygen atoms in total. The van der Waals surface area contributed by atoms with Crippen molar-refractivity contribution in [2.24, 2.45) is 11.7 Å². The second-order valence-corrected chi connectivity index (χ2v) is 10.3. The topological polar surface area (TPSA) is 187 Å². The normalized spacial score (nSPS) is 14.5. The molecule has 0 spiro atoms. The SMILES string of the molecule is CSCCC(NC(=O)C(CO)NC(=O)C(CC(C)C)NC(=O)C(N)Cc1c[nH]c2ccccc12)C(=O)O. The number of hydrogen-bond donors (Lipinski definition) is 7. The van der Waals surface area contributed by atoms with Crippen LogP contribution in [0.15, 0.2) is 30.5 Å². The van der Waals surface area contributed by atoms with Crippen molar-refractivity contribution in [1.29, 1.82) is 0 Å². The van der Waals surface area contributed by atoms with Crippen LogP contribution in [-0.2, 0) is 25.6 Å². The molecular formula is C25H37N5O6S. The molecule has 0 aliphatic rings. The van der Waals surface area contributed by atoms with E-state index in [9.17, 15) is 29.4 Å². The second-order valence-electron chi connectivity index (χ2n) is 9.29. The number of thioether (sulfide) groups is 1. The lowest BCUT2D eigenvalue weighted by Crippen LogP contribution is -2.58. The maximum Gasteiger partial charge on any atom is 0.326 e. The number of nitrogens with two attached hydrogens (primary N) is 1. The molecule has 2 rings (SSSR count). The zero-order valence-electron chi connectivity index (χ0n) is 21.3. The number of aliphatic hydroxyl groups excluding tert-OH is 1. The first-order chi connectivity index (χ1) is 17.6. The van der Waals surface area contributed by atoms with Gasteiger partial charge >= 0.3 is 5.97 Å². The molecule has 3 amide bonds. The lowest BCUT2D eigenvalue weighted by Gasteiger charge is -2.25. The van der Waals surface area contributed by atoms with Crippen molar-refractivity contribution < 1.29 is 29.4 Å². The number of aliphatic carboxylic acids is 1. The predicted octanol–water partition coefficient (Wildman–Crippen LogP) is 0.368. The maximum absolute atomic E-state index is 13.0. The Bertz CT molecular complexity index is 1070. The number of aromatic nitrogens is 1. The summed E-state index contributed by atoms with van der Waals surface area (Å²) >= 11 is 1.43. The largest absolute Gasteiger partial charge is 0.480 e. The van der Waals surface area contributed by atoms with Gasteiger partial charge in [-0.15, -0.1) is 0 Å². The molecule has 37 heavy (non-hydrogen) atoms. The Morgan fingerprint density at radius 1 is 1.00 bits per heavy atom. The van der Waals surface area contributed by atoms with Gasteiger partial charge in [0.25, 0.3) is 0 Å². The molecule has 204 valence electrons. The number of fused-ring (bicyclic) bond motifs is 1. The van der Waals surface area contributed by atoms with E-state index in [-0.39, 0.29) is 25.2 Å². The summed E-state index contributed by atoms with van der Waals surface area (Å²) in [7, 11) is 0. The van der Waals surface area contributed by atoms with Gasteiger partial charge in [0.1, 0.15) is 18.1 Å². The fourth-order valence-corrected chi connectivity index (χ4v) is 4.32. The van der Waals surface area contributed by atoms with Crippen molar-refractivity contribution >= 4 is 46.4 Å². The van der Waals surface area contributed by atoms with Crippen molar-refractivity contribution in [1.82, 2.24) is 20.9 Å². The number of amides is 3. The van der Waals surface area contributed by atoms with Crippen LogP contribution in [-0.4, -0.2) is 81.7 Å². The summed E-state index contributed by atoms with van der Waals surface area (Å²) in [5.41, 5.74) is 7.95. The second kappa shape index (κ2) is 14.6. The van der Waals surface area contributed by atoms with Gasteiger partial charge in [-0.25, -0.2) is 4.79 Å². The van der Waals surface area contributed by atoms with Crippen molar-refractivity contribution in [3.8, 4) is 0 Å². The molecule has 4 atom stereocenters. The number of carboxylic acids is 1. The molecule has 1 heterocycles. The minimum Gasteiger partial charge on any atom is -0.480 e. The summed E-state index contributed by atoms with van der Waals surface area (Å²) in [4.78, 5) is 53.1. The third kappa shape index (κ3) is 9.06. The fourth-order valence-electron chi connectivity index (χ4n) is 3.84. The first kappa shape index (κ1) is 30.1. The predicted molar refractivity (Wildman–Crippen MR) is 143 cm³/mol. The number of aliphatic hydroxyl groups is 1. The minimum atomic E-state index is -1.38. The number of hydrogen-bond acceptors (Lipinski definition) is 7. The van der Waals surface area contributed by atoms with E-state index < -0.39 is 54.5 Å². The molecule has 0 aliphatic heterocycles. The van der Waals surface area contributed by atoms with E-state index in [1.807, 2.05) is 44.4 Å². The fraction of sp³-hybridized carbons (Fsp3) is 0.520. The Labute approximate surface area is 220 Å². The van der Waals surface area contributed by atoms with Gasteiger partial charge < -0.3 is 36.9 Å². The van der Waals surface area contributed by atoms with Gasteiger partial charge in [-0.1, -0.05) is 32.0 Å². The van der Waals surface area contributed by atoms with Crippen LogP contribution >= 0.6 is 11.8 Å². The number of para-hydroxylation sites is 1. The summed E-state index contributed by atoms with van der Waals surface area (Å²) in [5, 5.41) is 27.4. The molecule has 0 aliphatic carbocycles. The number of nitrogens with one attached hydrogen (secondary N) is 4. The molecule has 4 unspecified atom stereocenters. The van der Waals surface area contributed by atoms with E-state index in [4.69, 9.17) is 5.73 Å². The molecule has 0 fully saturated rings. The van der Waals surface area contributed by atoms with Gasteiger partial charge in [-0.2, -0.15) is 11.8 Å². The number of carbonyl (C=O) groups is 4. The van der Waals surface area contributed by atoms with Crippen molar-refractivity contribution in [2.45, 2.75) is 57.3 Å². The Morgan fingerprint density at radius 3 is 2.24 bits per heavy atom. The van der Waals surface area contributed by atoms with E-state index >= 15 is 0 Å². The van der Waals surface area contributed by atoms with Crippen LogP contribution in [0.2, 0.25) is 0 Å². The summed E-state index contributed by atoms with van der Waals surface area (Å²) in [5.74, 6) is -2.71. The third-order valence-corrected chi connectivity index (χ3v) is 6.48. The zero-order chi connectivity index (χ0) is 27.5. The number of H-pyrrole nitrogens is 1. The van der Waals surface area contributed by atoms with Crippen molar-refractivity contribution in [3.63, 3.8) is 0 Å². The number of carbonyl (C=O) groups excluding carboxylic acids is 3. The van der Waals surface area contributed by atoms with E-state index in [2.05, 4.69) is 20.9 Å². The summed E-state index contributed by atoms with van der Waals surface area (Å²) in [6.45, 7) is 3.00. The first-order valence-corrected chi connectivity index (χ1v) is 13.5. The minimum absolute atomic E-state index is 0.0187. The first-order valence-electron chi connectivity index (χ1n) is 12.1. The van der Waals surface area contributed by atoms with Crippen LogP contribution in [0.3, 0.4) is 0 Å². The average Bonchev–Trinajstić information content (AvgIpc) is 3.26. The smallest absolute Gasteiger partial charge is 0.326 e. The summed E-state index contributed by atoms with van der Waals surface area (Å²) in [6.07, 6.45) is 4.31. The molecule has 1 aromatic carbocycles. The quantitative estimate of drug-likeness (QED) is 0.170. The summed E-state index contributed by atoms with van der Waals surface area (Å²) in [6, 6.07) is 3.18. The van der Waals surface area contributed by atoms with E-state index in [0.29, 0.717) is 5.75 Å². The van der Waals surface area contributed by atoms with Crippen molar-refractivity contribution in [3.05, 3.63) is 36.0 Å². The average molecular weight is 536 g/mol. The van der Waals surface area contributed by atoms with Gasteiger partial charge in [0.2, 0.25) is 17.7 Å². The highest BCUT2D eigenvalue weighted by atomic mass is 32.2. The van der Waals surface area contributed by atoms with Gasteiger partial charge in [0.05, 0.1) is 12.6 Å². The number of benzene rings is 1. The van der Waals surface area contributed by atoms with E-state index in [1.165, 1.54) is 11.8 Å². The molecule has 2 aromatic rings. The van der Waals surface area contributed by atoms with Crippen LogP contribution in [0.5, 0.6) is 0 Å². The summed E-state index contributed by atoms with van der Waals surface area (Å²) < 4.78 is 0. The molecule has 8 N–H and O–H groups in total. The van der Waals surface area contributed by atoms with Gasteiger partial charge in [0, 0.05) is 17.1 Å². The Kier molecular flexibility index (Phi) is 11.9. The lowest BCUT2D eigenvalue weighted by atomic mass is 10.0. The van der Waals surface area contributed by atoms with Crippen LogP contribution < -0.4 is 21.7 Å². The number of rotatable bonds is 15. The molecular weight excluding hydrogens is 498 g/mol. The Balaban J connectivity index is 2.05. The Morgan fingerprint density at radius 2 is 1.62 bits per heavy atom. The number of aromatic amines is 1. The molecule has 1 aromatic heterocycles. The van der Waals surface area contributed by atoms with Crippen LogP contribution in [0.4, 0.5) is 0 Å². The van der Waals surface area contributed by atoms with Gasteiger partial charge in [-0.05, 0) is 48.8 Å². The highest BCUT2D eigenvalue weighted by molar-refractivity contribution is 7.98. The highest BCUT2D eigenvalue weighted by Crippen LogP contribution is 2.19. The molecule has 12 heteroatoms. The molecule has 0 bridgehead atoms. The Hall–Kier alpha value is -3.09. The lowest BCUT2D eigenvalue weighted by molar-refractivity contribution is -0.142. The maximum atomic E-state index is 13.0. The van der Waals surface area contributed by atoms with E-state index in [1.54, 1.807) is 6.20 Å². The molecule has 0 saturated carbocycles. The van der Waals surface area contributed by atoms with Crippen LogP contribution in [0.1, 0.15) is 32.3 Å². The van der Waals surface area contributed by atoms with Crippen molar-refractivity contribution in [2.75, 3.05) is 18.6 Å². The molecule has 0 saturated heterocycles. The standard InChI is InChI=1S/C25H37N5O6S/c1-14(2)10-20(23(33)30-21(13-31)24(34)28-19(25(35)36)8-9-37-3)29-22(32)17(26)11-15-12-27-18-7-5-4-6-16(15)18/h4-7,12,14,17,19-21,27,31H,8-11,13,26H2,1-3H3,(H,28,34)(H,29,32)(H,30,33)(H,35,36). The van der Waals surface area contributed by atoms with E-state index in [0.717, 1.165) is 16.5 Å². The third-order valence-electron chi connectivity index (χ3n) is 5.83. The monoisotopic (exact) mass is 535 g/mol. The van der Waals surface area contributed by atoms with Crippen LogP contribution in [0.25, 0.3) is 10.9 Å².